The summed E-state index contributed by atoms with van der Waals surface area (Å²) in [5.74, 6) is 1.16. The number of carbonyl (C=O) groups is 1. The van der Waals surface area contributed by atoms with Gasteiger partial charge in [-0.05, 0) is 49.9 Å². The number of amides is 1. The fourth-order valence-corrected chi connectivity index (χ4v) is 6.12. The number of aromatic nitrogens is 5. The topological polar surface area (TPSA) is 142 Å². The Morgan fingerprint density at radius 3 is 2.77 bits per heavy atom. The fraction of sp³-hybridized carbons (Fsp3) is 0.550. The first-order valence-electron chi connectivity index (χ1n) is 10.4. The summed E-state index contributed by atoms with van der Waals surface area (Å²) < 4.78 is 5.62. The van der Waals surface area contributed by atoms with E-state index >= 15 is 0 Å². The first-order valence-corrected chi connectivity index (χ1v) is 10.4. The van der Waals surface area contributed by atoms with Gasteiger partial charge in [-0.25, -0.2) is 9.97 Å². The molecule has 0 saturated heterocycles. The standard InChI is InChI=1S/C20H23N7O3/c1-21-17(28)19-27-26-18(30-19)12-7-22-16-15(23-8-24-16)14(12)25-13-10-2-9-3-11(13)6-20(29,4-9)5-10/h7-11,13,29H,2-6H2,1H3,(H,21,28)(H2,22,23,24,25)/t9?,10-,11+,13?,20?. The lowest BCUT2D eigenvalue weighted by Crippen LogP contribution is -2.59. The molecule has 5 atom stereocenters. The number of hydrogen-bond acceptors (Lipinski definition) is 8. The Morgan fingerprint density at radius 2 is 2.03 bits per heavy atom. The molecule has 0 radical (unpaired) electrons. The van der Waals surface area contributed by atoms with Gasteiger partial charge in [0.25, 0.3) is 5.89 Å². The number of pyridine rings is 1. The number of hydrogen-bond donors (Lipinski definition) is 4. The lowest BCUT2D eigenvalue weighted by molar-refractivity contribution is -0.129. The maximum absolute atomic E-state index is 11.8. The van der Waals surface area contributed by atoms with Gasteiger partial charge in [0.2, 0.25) is 0 Å². The third-order valence-electron chi connectivity index (χ3n) is 7.08. The van der Waals surface area contributed by atoms with E-state index < -0.39 is 11.5 Å². The second kappa shape index (κ2) is 6.24. The Balaban J connectivity index is 1.40. The highest BCUT2D eigenvalue weighted by Crippen LogP contribution is 2.56. The normalized spacial score (nSPS) is 31.9. The zero-order chi connectivity index (χ0) is 20.5. The zero-order valence-corrected chi connectivity index (χ0v) is 16.6. The zero-order valence-electron chi connectivity index (χ0n) is 16.6. The minimum absolute atomic E-state index is 0.0972. The summed E-state index contributed by atoms with van der Waals surface area (Å²) in [6.45, 7) is 0. The molecule has 4 bridgehead atoms. The maximum atomic E-state index is 11.8. The molecule has 3 aromatic heterocycles. The third kappa shape index (κ3) is 2.63. The molecule has 30 heavy (non-hydrogen) atoms. The number of fused-ring (bicyclic) bond motifs is 1. The van der Waals surface area contributed by atoms with Gasteiger partial charge in [0, 0.05) is 19.3 Å². The predicted octanol–water partition coefficient (Wildman–Crippen LogP) is 1.72. The van der Waals surface area contributed by atoms with Crippen LogP contribution in [0, 0.1) is 17.8 Å². The molecular weight excluding hydrogens is 386 g/mol. The van der Waals surface area contributed by atoms with Crippen molar-refractivity contribution >= 4 is 22.8 Å². The van der Waals surface area contributed by atoms with Crippen LogP contribution in [0.4, 0.5) is 5.69 Å². The summed E-state index contributed by atoms with van der Waals surface area (Å²) in [5, 5.41) is 25.1. The molecule has 7 rings (SSSR count). The second-order valence-electron chi connectivity index (χ2n) is 9.00. The molecule has 4 saturated carbocycles. The largest absolute Gasteiger partial charge is 0.412 e. The van der Waals surface area contributed by atoms with Crippen LogP contribution in [-0.4, -0.2) is 54.9 Å². The van der Waals surface area contributed by atoms with Crippen LogP contribution in [0.1, 0.15) is 42.8 Å². The number of aromatic amines is 1. The lowest BCUT2D eigenvalue weighted by Gasteiger charge is -2.58. The number of imidazole rings is 1. The molecule has 3 unspecified atom stereocenters. The Kier molecular flexibility index (Phi) is 3.71. The van der Waals surface area contributed by atoms with Gasteiger partial charge in [0.05, 0.1) is 23.2 Å². The smallest absolute Gasteiger partial charge is 0.308 e. The number of nitrogens with one attached hydrogen (secondary N) is 3. The monoisotopic (exact) mass is 409 g/mol. The highest BCUT2D eigenvalue weighted by atomic mass is 16.4. The average molecular weight is 409 g/mol. The molecule has 4 fully saturated rings. The number of carbonyl (C=O) groups excluding carboxylic acids is 1. The van der Waals surface area contributed by atoms with E-state index in [4.69, 9.17) is 4.42 Å². The number of H-pyrrole nitrogens is 1. The molecule has 4 aliphatic rings. The van der Waals surface area contributed by atoms with E-state index in [0.717, 1.165) is 43.3 Å². The van der Waals surface area contributed by atoms with Crippen LogP contribution < -0.4 is 10.6 Å². The van der Waals surface area contributed by atoms with Gasteiger partial charge < -0.3 is 25.1 Å². The quantitative estimate of drug-likeness (QED) is 0.510. The van der Waals surface area contributed by atoms with E-state index in [1.807, 2.05) is 0 Å². The van der Waals surface area contributed by atoms with Crippen LogP contribution in [0.15, 0.2) is 16.9 Å². The fourth-order valence-electron chi connectivity index (χ4n) is 6.12. The summed E-state index contributed by atoms with van der Waals surface area (Å²) in [7, 11) is 1.51. The van der Waals surface area contributed by atoms with Crippen LogP contribution in [0.5, 0.6) is 0 Å². The van der Waals surface area contributed by atoms with Crippen LogP contribution in [0.25, 0.3) is 22.6 Å². The molecule has 4 aliphatic carbocycles. The molecule has 10 nitrogen and oxygen atoms in total. The van der Waals surface area contributed by atoms with Gasteiger partial charge in [-0.2, -0.15) is 0 Å². The van der Waals surface area contributed by atoms with Crippen LogP contribution in [-0.2, 0) is 0 Å². The summed E-state index contributed by atoms with van der Waals surface area (Å²) in [6.07, 6.45) is 8.17. The van der Waals surface area contributed by atoms with Crippen molar-refractivity contribution in [2.45, 2.75) is 43.7 Å². The van der Waals surface area contributed by atoms with Crippen molar-refractivity contribution in [3.8, 4) is 11.5 Å². The number of aliphatic hydroxyl groups is 1. The van der Waals surface area contributed by atoms with Crippen molar-refractivity contribution < 1.29 is 14.3 Å². The molecule has 3 aromatic rings. The van der Waals surface area contributed by atoms with E-state index in [1.165, 1.54) is 7.05 Å². The molecule has 10 heteroatoms. The van der Waals surface area contributed by atoms with Gasteiger partial charge >= 0.3 is 11.8 Å². The van der Waals surface area contributed by atoms with Gasteiger partial charge in [0.1, 0.15) is 5.52 Å². The number of anilines is 1. The Morgan fingerprint density at radius 1 is 1.23 bits per heavy atom. The van der Waals surface area contributed by atoms with Gasteiger partial charge in [-0.15, -0.1) is 10.2 Å². The van der Waals surface area contributed by atoms with Gasteiger partial charge in [0.15, 0.2) is 5.65 Å². The van der Waals surface area contributed by atoms with E-state index in [-0.39, 0.29) is 17.8 Å². The molecule has 4 N–H and O–H groups in total. The van der Waals surface area contributed by atoms with Crippen LogP contribution >= 0.6 is 0 Å². The van der Waals surface area contributed by atoms with E-state index in [9.17, 15) is 9.90 Å². The first-order chi connectivity index (χ1) is 14.5. The minimum Gasteiger partial charge on any atom is -0.412 e. The lowest BCUT2D eigenvalue weighted by atomic mass is 9.52. The second-order valence-corrected chi connectivity index (χ2v) is 9.00. The minimum atomic E-state index is -0.492. The summed E-state index contributed by atoms with van der Waals surface area (Å²) >= 11 is 0. The molecule has 3 heterocycles. The van der Waals surface area contributed by atoms with Crippen molar-refractivity contribution in [1.82, 2.24) is 30.5 Å². The molecule has 0 spiro atoms. The Hall–Kier alpha value is -3.01. The van der Waals surface area contributed by atoms with Crippen molar-refractivity contribution in [1.29, 1.82) is 0 Å². The maximum Gasteiger partial charge on any atom is 0.308 e. The summed E-state index contributed by atoms with van der Waals surface area (Å²) in [4.78, 5) is 23.7. The summed E-state index contributed by atoms with van der Waals surface area (Å²) in [5.41, 5.74) is 2.29. The van der Waals surface area contributed by atoms with Crippen molar-refractivity contribution in [3.63, 3.8) is 0 Å². The van der Waals surface area contributed by atoms with Crippen molar-refractivity contribution in [3.05, 3.63) is 18.4 Å². The van der Waals surface area contributed by atoms with Crippen LogP contribution in [0.3, 0.4) is 0 Å². The molecule has 156 valence electrons. The number of rotatable bonds is 4. The van der Waals surface area contributed by atoms with Crippen LogP contribution in [0.2, 0.25) is 0 Å². The van der Waals surface area contributed by atoms with Crippen molar-refractivity contribution in [2.75, 3.05) is 12.4 Å². The van der Waals surface area contributed by atoms with Gasteiger partial charge in [-0.3, -0.25) is 4.79 Å². The van der Waals surface area contributed by atoms with E-state index in [0.29, 0.717) is 29.0 Å². The highest BCUT2D eigenvalue weighted by Gasteiger charge is 2.54. The van der Waals surface area contributed by atoms with Crippen molar-refractivity contribution in [2.24, 2.45) is 17.8 Å². The first kappa shape index (κ1) is 17.8. The highest BCUT2D eigenvalue weighted by molar-refractivity contribution is 5.94. The molecule has 0 aliphatic heterocycles. The predicted molar refractivity (Wildman–Crippen MR) is 106 cm³/mol. The molecular formula is C20H23N7O3. The van der Waals surface area contributed by atoms with Gasteiger partial charge in [-0.1, -0.05) is 0 Å². The molecule has 1 amide bonds. The SMILES string of the molecule is CNC(=O)c1nnc(-c2cnc3nc[nH]c3c2NC2[C@@H]3CC4C[C@H]2CC(O)(C4)C3)o1. The Labute approximate surface area is 171 Å². The Bertz CT molecular complexity index is 1120. The average Bonchev–Trinajstić information content (AvgIpc) is 3.38. The third-order valence-corrected chi connectivity index (χ3v) is 7.08. The van der Waals surface area contributed by atoms with E-state index in [1.54, 1.807) is 12.5 Å². The number of nitrogens with zero attached hydrogens (tertiary/aromatic N) is 4. The van der Waals surface area contributed by atoms with E-state index in [2.05, 4.69) is 35.8 Å². The summed E-state index contributed by atoms with van der Waals surface area (Å²) in [6, 6.07) is 0.246. The molecule has 0 aromatic carbocycles.